The van der Waals surface area contributed by atoms with Gasteiger partial charge in [-0.05, 0) is 52.9 Å². The Balaban J connectivity index is 2.11. The highest BCUT2D eigenvalue weighted by molar-refractivity contribution is 7.09. The number of aryl methyl sites for hydroxylation is 2. The molecule has 0 aromatic carbocycles. The Morgan fingerprint density at radius 1 is 1.22 bits per heavy atom. The maximum absolute atomic E-state index is 5.33. The molecule has 6 heteroatoms. The van der Waals surface area contributed by atoms with Gasteiger partial charge >= 0.3 is 0 Å². The van der Waals surface area contributed by atoms with Crippen LogP contribution in [0.1, 0.15) is 50.2 Å². The normalized spacial score (nSPS) is 11.7. The monoisotopic (exact) mass is 340 g/mol. The molecule has 23 heavy (non-hydrogen) atoms. The Morgan fingerprint density at radius 3 is 2.78 bits per heavy atom. The fourth-order valence-electron chi connectivity index (χ4n) is 2.12. The van der Waals surface area contributed by atoms with Crippen LogP contribution in [-0.4, -0.2) is 43.8 Å². The second-order valence-electron chi connectivity index (χ2n) is 5.43. The number of nitrogens with zero attached hydrogens (tertiary/aromatic N) is 2. The highest BCUT2D eigenvalue weighted by Crippen LogP contribution is 2.11. The molecule has 132 valence electrons. The summed E-state index contributed by atoms with van der Waals surface area (Å²) in [6.07, 6.45) is 5.51. The molecule has 1 aromatic rings. The Morgan fingerprint density at radius 2 is 2.09 bits per heavy atom. The van der Waals surface area contributed by atoms with Gasteiger partial charge in [-0.1, -0.05) is 0 Å². The largest absolute Gasteiger partial charge is 0.382 e. The Labute approximate surface area is 145 Å². The van der Waals surface area contributed by atoms with E-state index in [1.165, 1.54) is 5.01 Å². The number of hydrogen-bond donors (Lipinski definition) is 2. The smallest absolute Gasteiger partial charge is 0.191 e. The van der Waals surface area contributed by atoms with Crippen LogP contribution in [0.25, 0.3) is 0 Å². The van der Waals surface area contributed by atoms with Gasteiger partial charge in [-0.25, -0.2) is 4.98 Å². The maximum Gasteiger partial charge on any atom is 0.191 e. The molecule has 0 aliphatic carbocycles. The van der Waals surface area contributed by atoms with E-state index in [1.54, 1.807) is 11.3 Å². The molecule has 0 fully saturated rings. The average molecular weight is 341 g/mol. The molecule has 0 atom stereocenters. The first kappa shape index (κ1) is 19.9. The van der Waals surface area contributed by atoms with E-state index in [9.17, 15) is 0 Å². The van der Waals surface area contributed by atoms with Crippen molar-refractivity contribution in [2.24, 2.45) is 4.99 Å². The number of aromatic nitrogens is 1. The molecule has 0 aliphatic rings. The first-order valence-electron chi connectivity index (χ1n) is 8.77. The summed E-state index contributed by atoms with van der Waals surface area (Å²) in [5, 5.41) is 10.1. The van der Waals surface area contributed by atoms with E-state index in [0.29, 0.717) is 0 Å². The molecular formula is C17H32N4OS. The highest BCUT2D eigenvalue weighted by Gasteiger charge is 2.00. The summed E-state index contributed by atoms with van der Waals surface area (Å²) >= 11 is 1.76. The SMILES string of the molecule is CCNC(=NCCCCOCC)NCCCCc1nc(C)cs1. The summed E-state index contributed by atoms with van der Waals surface area (Å²) in [5.74, 6) is 0.925. The van der Waals surface area contributed by atoms with Gasteiger partial charge in [-0.15, -0.1) is 11.3 Å². The number of unbranched alkanes of at least 4 members (excludes halogenated alkanes) is 2. The van der Waals surface area contributed by atoms with Crippen molar-refractivity contribution in [3.63, 3.8) is 0 Å². The fourth-order valence-corrected chi connectivity index (χ4v) is 2.94. The van der Waals surface area contributed by atoms with E-state index >= 15 is 0 Å². The van der Waals surface area contributed by atoms with E-state index in [0.717, 1.165) is 76.6 Å². The third-order valence-corrected chi connectivity index (χ3v) is 4.32. The quantitative estimate of drug-likeness (QED) is 0.349. The van der Waals surface area contributed by atoms with Crippen LogP contribution in [-0.2, 0) is 11.2 Å². The van der Waals surface area contributed by atoms with Crippen LogP contribution in [0.5, 0.6) is 0 Å². The summed E-state index contributed by atoms with van der Waals surface area (Å²) in [5.41, 5.74) is 1.13. The van der Waals surface area contributed by atoms with Gasteiger partial charge in [0.05, 0.1) is 5.01 Å². The third-order valence-electron chi connectivity index (χ3n) is 3.29. The van der Waals surface area contributed by atoms with Gasteiger partial charge in [0.1, 0.15) is 0 Å². The fraction of sp³-hybridized carbons (Fsp3) is 0.765. The van der Waals surface area contributed by atoms with Gasteiger partial charge in [0.25, 0.3) is 0 Å². The highest BCUT2D eigenvalue weighted by atomic mass is 32.1. The van der Waals surface area contributed by atoms with Crippen molar-refractivity contribution >= 4 is 17.3 Å². The third kappa shape index (κ3) is 10.3. The molecule has 0 spiro atoms. The van der Waals surface area contributed by atoms with Crippen LogP contribution in [0.15, 0.2) is 10.4 Å². The number of hydrogen-bond acceptors (Lipinski definition) is 4. The zero-order valence-corrected chi connectivity index (χ0v) is 15.7. The van der Waals surface area contributed by atoms with E-state index < -0.39 is 0 Å². The number of thiazole rings is 1. The molecule has 0 saturated carbocycles. The molecule has 0 amide bonds. The maximum atomic E-state index is 5.33. The number of guanidine groups is 1. The summed E-state index contributed by atoms with van der Waals surface area (Å²) in [4.78, 5) is 9.09. The van der Waals surface area contributed by atoms with Crippen LogP contribution in [0.2, 0.25) is 0 Å². The van der Waals surface area contributed by atoms with Gasteiger partial charge < -0.3 is 15.4 Å². The van der Waals surface area contributed by atoms with Crippen molar-refractivity contribution in [2.75, 3.05) is 32.8 Å². The van der Waals surface area contributed by atoms with Crippen LogP contribution in [0.4, 0.5) is 0 Å². The van der Waals surface area contributed by atoms with E-state index in [2.05, 4.69) is 39.8 Å². The first-order valence-corrected chi connectivity index (χ1v) is 9.65. The lowest BCUT2D eigenvalue weighted by Crippen LogP contribution is -2.37. The van der Waals surface area contributed by atoms with Gasteiger partial charge in [0, 0.05) is 43.9 Å². The van der Waals surface area contributed by atoms with Crippen LogP contribution in [0.3, 0.4) is 0 Å². The topological polar surface area (TPSA) is 58.5 Å². The van der Waals surface area contributed by atoms with Gasteiger partial charge in [0.2, 0.25) is 0 Å². The predicted molar refractivity (Wildman–Crippen MR) is 99.5 cm³/mol. The predicted octanol–water partition coefficient (Wildman–Crippen LogP) is 3.15. The summed E-state index contributed by atoms with van der Waals surface area (Å²) in [6.45, 7) is 10.5. The summed E-state index contributed by atoms with van der Waals surface area (Å²) < 4.78 is 5.33. The minimum atomic E-state index is 0.800. The molecule has 5 nitrogen and oxygen atoms in total. The summed E-state index contributed by atoms with van der Waals surface area (Å²) in [6, 6.07) is 0. The molecular weight excluding hydrogens is 308 g/mol. The molecule has 0 radical (unpaired) electrons. The number of aliphatic imine (C=N–C) groups is 1. The van der Waals surface area contributed by atoms with Crippen LogP contribution in [0, 0.1) is 6.92 Å². The van der Waals surface area contributed by atoms with Crippen molar-refractivity contribution in [3.8, 4) is 0 Å². The Kier molecular flexibility index (Phi) is 11.5. The van der Waals surface area contributed by atoms with Gasteiger partial charge in [-0.2, -0.15) is 0 Å². The minimum Gasteiger partial charge on any atom is -0.382 e. The summed E-state index contributed by atoms with van der Waals surface area (Å²) in [7, 11) is 0. The molecule has 0 bridgehead atoms. The van der Waals surface area contributed by atoms with Crippen molar-refractivity contribution in [2.45, 2.75) is 52.9 Å². The molecule has 1 rings (SSSR count). The minimum absolute atomic E-state index is 0.800. The van der Waals surface area contributed by atoms with Crippen molar-refractivity contribution < 1.29 is 4.74 Å². The van der Waals surface area contributed by atoms with E-state index in [1.807, 2.05) is 6.92 Å². The lowest BCUT2D eigenvalue weighted by molar-refractivity contribution is 0.144. The zero-order chi connectivity index (χ0) is 16.8. The van der Waals surface area contributed by atoms with Crippen molar-refractivity contribution in [3.05, 3.63) is 16.1 Å². The lowest BCUT2D eigenvalue weighted by atomic mass is 10.2. The molecule has 0 aliphatic heterocycles. The molecule has 1 aromatic heterocycles. The van der Waals surface area contributed by atoms with Crippen molar-refractivity contribution in [1.82, 2.24) is 15.6 Å². The Hall–Kier alpha value is -1.14. The lowest BCUT2D eigenvalue weighted by Gasteiger charge is -2.11. The number of ether oxygens (including phenoxy) is 1. The average Bonchev–Trinajstić information content (AvgIpc) is 2.95. The second kappa shape index (κ2) is 13.3. The van der Waals surface area contributed by atoms with Gasteiger partial charge in [-0.3, -0.25) is 4.99 Å². The van der Waals surface area contributed by atoms with Crippen LogP contribution < -0.4 is 10.6 Å². The zero-order valence-electron chi connectivity index (χ0n) is 14.9. The molecule has 1 heterocycles. The standard InChI is InChI=1S/C17H32N4OS/c1-4-18-17(20-12-8-9-13-22-5-2)19-11-7-6-10-16-21-15(3)14-23-16/h14H,4-13H2,1-3H3,(H2,18,19,20). The van der Waals surface area contributed by atoms with Crippen molar-refractivity contribution in [1.29, 1.82) is 0 Å². The molecule has 0 unspecified atom stereocenters. The molecule has 0 saturated heterocycles. The Bertz CT molecular complexity index is 434. The van der Waals surface area contributed by atoms with E-state index in [-0.39, 0.29) is 0 Å². The number of nitrogens with one attached hydrogen (secondary N) is 2. The van der Waals surface area contributed by atoms with E-state index in [4.69, 9.17) is 4.74 Å². The number of rotatable bonds is 12. The molecule has 2 N–H and O–H groups in total. The van der Waals surface area contributed by atoms with Crippen LogP contribution >= 0.6 is 11.3 Å². The second-order valence-corrected chi connectivity index (χ2v) is 6.37. The first-order chi connectivity index (χ1) is 11.3. The van der Waals surface area contributed by atoms with Gasteiger partial charge in [0.15, 0.2) is 5.96 Å².